The number of sulfonamides is 1. The Kier molecular flexibility index (Phi) is 5.49. The second-order valence-electron chi connectivity index (χ2n) is 5.91. The summed E-state index contributed by atoms with van der Waals surface area (Å²) in [5.41, 5.74) is -0.655. The number of hydrogen-bond acceptors (Lipinski definition) is 4. The summed E-state index contributed by atoms with van der Waals surface area (Å²) in [5.74, 6) is -4.25. The van der Waals surface area contributed by atoms with Crippen molar-refractivity contribution in [1.82, 2.24) is 4.72 Å². The van der Waals surface area contributed by atoms with Gasteiger partial charge in [-0.05, 0) is 36.8 Å². The Labute approximate surface area is 153 Å². The second-order valence-corrected chi connectivity index (χ2v) is 7.62. The smallest absolute Gasteiger partial charge is 0.258 e. The van der Waals surface area contributed by atoms with Crippen LogP contribution < -0.4 is 10.0 Å². The number of hydrogen-bond donors (Lipinski definition) is 2. The lowest BCUT2D eigenvalue weighted by molar-refractivity contribution is 0.102. The SMILES string of the molecule is O=C(Nc1ccc(F)c(F)c1)c1cc(S(=O)(=O)N[C@H]2CCOC2)ccc1F. The topological polar surface area (TPSA) is 84.5 Å². The molecule has 0 radical (unpaired) electrons. The highest BCUT2D eigenvalue weighted by atomic mass is 32.2. The molecule has 0 aromatic heterocycles. The first-order valence-corrected chi connectivity index (χ1v) is 9.40. The Balaban J connectivity index is 1.83. The van der Waals surface area contributed by atoms with Gasteiger partial charge in [0.25, 0.3) is 5.91 Å². The third-order valence-corrected chi connectivity index (χ3v) is 5.44. The van der Waals surface area contributed by atoms with Crippen molar-refractivity contribution in [2.24, 2.45) is 0 Å². The van der Waals surface area contributed by atoms with Crippen molar-refractivity contribution in [3.63, 3.8) is 0 Å². The minimum atomic E-state index is -3.99. The molecule has 1 saturated heterocycles. The number of carbonyl (C=O) groups is 1. The van der Waals surface area contributed by atoms with Crippen molar-refractivity contribution in [3.05, 3.63) is 59.4 Å². The largest absolute Gasteiger partial charge is 0.380 e. The van der Waals surface area contributed by atoms with Crippen LogP contribution in [0.15, 0.2) is 41.3 Å². The molecule has 27 heavy (non-hydrogen) atoms. The van der Waals surface area contributed by atoms with E-state index < -0.39 is 45.0 Å². The Hall–Kier alpha value is -2.43. The molecular formula is C17H15F3N2O4S. The predicted octanol–water partition coefficient (Wildman–Crippen LogP) is 2.42. The molecule has 0 aliphatic carbocycles. The lowest BCUT2D eigenvalue weighted by Gasteiger charge is -2.13. The third kappa shape index (κ3) is 4.46. The maximum atomic E-state index is 14.0. The highest BCUT2D eigenvalue weighted by molar-refractivity contribution is 7.89. The van der Waals surface area contributed by atoms with Gasteiger partial charge < -0.3 is 10.1 Å². The van der Waals surface area contributed by atoms with Gasteiger partial charge in [-0.15, -0.1) is 0 Å². The van der Waals surface area contributed by atoms with Gasteiger partial charge in [0.1, 0.15) is 5.82 Å². The van der Waals surface area contributed by atoms with Gasteiger partial charge in [-0.3, -0.25) is 4.79 Å². The molecule has 10 heteroatoms. The fourth-order valence-electron chi connectivity index (χ4n) is 2.53. The third-order valence-electron chi connectivity index (χ3n) is 3.92. The van der Waals surface area contributed by atoms with E-state index >= 15 is 0 Å². The molecule has 2 aromatic rings. The fourth-order valence-corrected chi connectivity index (χ4v) is 3.81. The highest BCUT2D eigenvalue weighted by Crippen LogP contribution is 2.19. The van der Waals surface area contributed by atoms with Gasteiger partial charge in [0.2, 0.25) is 10.0 Å². The molecular weight excluding hydrogens is 385 g/mol. The molecule has 2 N–H and O–H groups in total. The molecule has 3 rings (SSSR count). The summed E-state index contributed by atoms with van der Waals surface area (Å²) in [4.78, 5) is 12.0. The van der Waals surface area contributed by atoms with E-state index in [0.717, 1.165) is 36.4 Å². The number of ether oxygens (including phenoxy) is 1. The van der Waals surface area contributed by atoms with Crippen molar-refractivity contribution < 1.29 is 31.1 Å². The van der Waals surface area contributed by atoms with Crippen LogP contribution in [0.1, 0.15) is 16.8 Å². The lowest BCUT2D eigenvalue weighted by atomic mass is 10.2. The monoisotopic (exact) mass is 400 g/mol. The molecule has 1 heterocycles. The first kappa shape index (κ1) is 19.3. The Morgan fingerprint density at radius 1 is 1.04 bits per heavy atom. The molecule has 1 fully saturated rings. The summed E-state index contributed by atoms with van der Waals surface area (Å²) >= 11 is 0. The average molecular weight is 400 g/mol. The molecule has 1 amide bonds. The maximum Gasteiger partial charge on any atom is 0.258 e. The number of rotatable bonds is 5. The van der Waals surface area contributed by atoms with E-state index in [4.69, 9.17) is 4.74 Å². The lowest BCUT2D eigenvalue weighted by Crippen LogP contribution is -2.35. The Morgan fingerprint density at radius 2 is 1.78 bits per heavy atom. The number of nitrogens with one attached hydrogen (secondary N) is 2. The molecule has 0 spiro atoms. The van der Waals surface area contributed by atoms with Crippen LogP contribution in [-0.4, -0.2) is 33.6 Å². The van der Waals surface area contributed by atoms with Gasteiger partial charge in [-0.2, -0.15) is 0 Å². The Bertz CT molecular complexity index is 976. The molecule has 2 aromatic carbocycles. The van der Waals surface area contributed by atoms with Gasteiger partial charge in [0, 0.05) is 24.4 Å². The van der Waals surface area contributed by atoms with Crippen molar-refractivity contribution in [3.8, 4) is 0 Å². The van der Waals surface area contributed by atoms with E-state index in [0.29, 0.717) is 13.0 Å². The number of halogens is 3. The zero-order chi connectivity index (χ0) is 19.6. The second kappa shape index (κ2) is 7.67. The highest BCUT2D eigenvalue weighted by Gasteiger charge is 2.25. The summed E-state index contributed by atoms with van der Waals surface area (Å²) in [5, 5.41) is 2.20. The molecule has 1 aliphatic heterocycles. The van der Waals surface area contributed by atoms with Crippen LogP contribution >= 0.6 is 0 Å². The summed E-state index contributed by atoms with van der Waals surface area (Å²) in [6.07, 6.45) is 0.504. The van der Waals surface area contributed by atoms with Crippen LogP contribution in [0.2, 0.25) is 0 Å². The van der Waals surface area contributed by atoms with Crippen LogP contribution in [0.3, 0.4) is 0 Å². The minimum Gasteiger partial charge on any atom is -0.380 e. The zero-order valence-corrected chi connectivity index (χ0v) is 14.7. The standard InChI is InChI=1S/C17H15F3N2O4S/c18-14-4-2-12(27(24,25)22-11-5-6-26-9-11)8-13(14)17(23)21-10-1-3-15(19)16(20)7-10/h1-4,7-8,11,22H,5-6,9H2,(H,21,23)/t11-/m0/s1. The van der Waals surface area contributed by atoms with E-state index in [1.807, 2.05) is 0 Å². The summed E-state index contributed by atoms with van der Waals surface area (Å²) in [7, 11) is -3.99. The number of amides is 1. The number of benzene rings is 2. The first-order chi connectivity index (χ1) is 12.8. The van der Waals surface area contributed by atoms with Crippen LogP contribution in [-0.2, 0) is 14.8 Å². The average Bonchev–Trinajstić information content (AvgIpc) is 3.10. The number of carbonyl (C=O) groups excluding carboxylic acids is 1. The van der Waals surface area contributed by atoms with Gasteiger partial charge in [0.15, 0.2) is 11.6 Å². The molecule has 6 nitrogen and oxygen atoms in total. The van der Waals surface area contributed by atoms with E-state index in [1.165, 1.54) is 0 Å². The summed E-state index contributed by atoms with van der Waals surface area (Å²) in [6, 6.07) is 4.98. The van der Waals surface area contributed by atoms with Crippen LogP contribution in [0.25, 0.3) is 0 Å². The van der Waals surface area contributed by atoms with Crippen molar-refractivity contribution in [2.45, 2.75) is 17.4 Å². The zero-order valence-electron chi connectivity index (χ0n) is 13.8. The molecule has 0 bridgehead atoms. The molecule has 144 valence electrons. The van der Waals surface area contributed by atoms with Crippen LogP contribution in [0.5, 0.6) is 0 Å². The summed E-state index contributed by atoms with van der Waals surface area (Å²) in [6.45, 7) is 0.655. The quantitative estimate of drug-likeness (QED) is 0.808. The molecule has 1 atom stereocenters. The Morgan fingerprint density at radius 3 is 2.44 bits per heavy atom. The molecule has 0 unspecified atom stereocenters. The number of anilines is 1. The van der Waals surface area contributed by atoms with E-state index in [1.54, 1.807) is 0 Å². The van der Waals surface area contributed by atoms with Crippen molar-refractivity contribution >= 4 is 21.6 Å². The van der Waals surface area contributed by atoms with Crippen LogP contribution in [0, 0.1) is 17.5 Å². The molecule has 0 saturated carbocycles. The van der Waals surface area contributed by atoms with Gasteiger partial charge >= 0.3 is 0 Å². The maximum absolute atomic E-state index is 14.0. The van der Waals surface area contributed by atoms with E-state index in [-0.39, 0.29) is 17.2 Å². The summed E-state index contributed by atoms with van der Waals surface area (Å²) < 4.78 is 72.5. The van der Waals surface area contributed by atoms with Crippen molar-refractivity contribution in [1.29, 1.82) is 0 Å². The van der Waals surface area contributed by atoms with E-state index in [9.17, 15) is 26.4 Å². The van der Waals surface area contributed by atoms with Gasteiger partial charge in [-0.25, -0.2) is 26.3 Å². The minimum absolute atomic E-state index is 0.104. The van der Waals surface area contributed by atoms with E-state index in [2.05, 4.69) is 10.0 Å². The van der Waals surface area contributed by atoms with Gasteiger partial charge in [-0.1, -0.05) is 0 Å². The predicted molar refractivity (Wildman–Crippen MR) is 90.3 cm³/mol. The van der Waals surface area contributed by atoms with Gasteiger partial charge in [0.05, 0.1) is 17.1 Å². The normalized spacial score (nSPS) is 17.1. The first-order valence-electron chi connectivity index (χ1n) is 7.92. The van der Waals surface area contributed by atoms with Crippen molar-refractivity contribution in [2.75, 3.05) is 18.5 Å². The molecule has 1 aliphatic rings. The fraction of sp³-hybridized carbons (Fsp3) is 0.235. The van der Waals surface area contributed by atoms with Crippen LogP contribution in [0.4, 0.5) is 18.9 Å².